The Labute approximate surface area is 120 Å². The van der Waals surface area contributed by atoms with E-state index in [9.17, 15) is 9.90 Å². The Morgan fingerprint density at radius 2 is 1.76 bits per heavy atom. The number of phenolic OH excluding ortho intramolecular Hbond substituents is 1. The predicted molar refractivity (Wildman–Crippen MR) is 78.1 cm³/mol. The second-order valence-corrected chi connectivity index (χ2v) is 4.56. The highest BCUT2D eigenvalue weighted by molar-refractivity contribution is 6.53. The molecule has 0 bridgehead atoms. The molecule has 21 heavy (non-hydrogen) atoms. The summed E-state index contributed by atoms with van der Waals surface area (Å²) in [4.78, 5) is 12.3. The maximum absolute atomic E-state index is 12.3. The van der Waals surface area contributed by atoms with Gasteiger partial charge in [-0.25, -0.2) is 0 Å². The molecule has 0 radical (unpaired) electrons. The molecule has 0 fully saturated rings. The van der Waals surface area contributed by atoms with Crippen molar-refractivity contribution < 1.29 is 14.6 Å². The fourth-order valence-electron chi connectivity index (χ4n) is 2.21. The van der Waals surface area contributed by atoms with Crippen LogP contribution in [0.5, 0.6) is 11.5 Å². The highest BCUT2D eigenvalue weighted by Gasteiger charge is 2.32. The Balaban J connectivity index is 2.14. The van der Waals surface area contributed by atoms with Gasteiger partial charge in [0.2, 0.25) is 5.78 Å². The number of para-hydroxylation sites is 1. The zero-order valence-corrected chi connectivity index (χ0v) is 11.0. The van der Waals surface area contributed by atoms with Crippen molar-refractivity contribution in [1.29, 1.82) is 5.41 Å². The van der Waals surface area contributed by atoms with Crippen molar-refractivity contribution in [1.82, 2.24) is 0 Å². The number of nitrogens with one attached hydrogen (secondary N) is 1. The van der Waals surface area contributed by atoms with Crippen LogP contribution in [0, 0.1) is 5.41 Å². The monoisotopic (exact) mass is 280 g/mol. The highest BCUT2D eigenvalue weighted by Crippen LogP contribution is 2.32. The largest absolute Gasteiger partial charge is 0.507 e. The van der Waals surface area contributed by atoms with Crippen molar-refractivity contribution in [2.45, 2.75) is 0 Å². The topological polar surface area (TPSA) is 96.4 Å². The van der Waals surface area contributed by atoms with Crippen molar-refractivity contribution in [3.8, 4) is 11.5 Å². The predicted octanol–water partition coefficient (Wildman–Crippen LogP) is 2.05. The third-order valence-electron chi connectivity index (χ3n) is 3.22. The fraction of sp³-hybridized carbons (Fsp3) is 0. The Morgan fingerprint density at radius 3 is 2.48 bits per heavy atom. The van der Waals surface area contributed by atoms with Crippen LogP contribution in [-0.4, -0.2) is 16.6 Å². The summed E-state index contributed by atoms with van der Waals surface area (Å²) in [5.41, 5.74) is 6.33. The van der Waals surface area contributed by atoms with Crippen LogP contribution in [0.2, 0.25) is 0 Å². The molecule has 1 aliphatic carbocycles. The van der Waals surface area contributed by atoms with Gasteiger partial charge in [-0.3, -0.25) is 10.2 Å². The second kappa shape index (κ2) is 4.79. The average molecular weight is 280 g/mol. The Kier molecular flexibility index (Phi) is 2.95. The van der Waals surface area contributed by atoms with Gasteiger partial charge in [-0.15, -0.1) is 0 Å². The number of ether oxygens (including phenoxy) is 1. The number of hydrogen-bond donors (Lipinski definition) is 3. The lowest BCUT2D eigenvalue weighted by Crippen LogP contribution is -2.29. The lowest BCUT2D eigenvalue weighted by Gasteiger charge is -2.21. The second-order valence-electron chi connectivity index (χ2n) is 4.56. The number of ketones is 1. The van der Waals surface area contributed by atoms with E-state index in [1.54, 1.807) is 36.4 Å². The summed E-state index contributed by atoms with van der Waals surface area (Å²) in [6, 6.07) is 13.4. The van der Waals surface area contributed by atoms with E-state index < -0.39 is 5.78 Å². The first kappa shape index (κ1) is 12.9. The maximum atomic E-state index is 12.3. The quantitative estimate of drug-likeness (QED) is 0.784. The van der Waals surface area contributed by atoms with Crippen LogP contribution in [0.3, 0.4) is 0 Å². The molecule has 0 atom stereocenters. The Hall–Kier alpha value is -3.08. The maximum Gasteiger partial charge on any atom is 0.248 e. The Morgan fingerprint density at radius 1 is 1.05 bits per heavy atom. The number of rotatable bonds is 2. The lowest BCUT2D eigenvalue weighted by molar-refractivity contribution is -0.111. The van der Waals surface area contributed by atoms with Crippen LogP contribution in [0.25, 0.3) is 5.70 Å². The normalized spacial score (nSPS) is 14.1. The summed E-state index contributed by atoms with van der Waals surface area (Å²) in [5.74, 6) is -0.428. The molecule has 0 spiro atoms. The van der Waals surface area contributed by atoms with Crippen LogP contribution in [0.15, 0.2) is 54.3 Å². The minimum Gasteiger partial charge on any atom is -0.507 e. The minimum atomic E-state index is -0.648. The molecule has 2 aromatic rings. The van der Waals surface area contributed by atoms with Gasteiger partial charge < -0.3 is 15.6 Å². The molecule has 0 aliphatic heterocycles. The lowest BCUT2D eigenvalue weighted by atomic mass is 9.90. The van der Waals surface area contributed by atoms with Crippen molar-refractivity contribution in [2.75, 3.05) is 0 Å². The molecule has 3 rings (SSSR count). The first-order valence-corrected chi connectivity index (χ1v) is 6.28. The number of aromatic hydroxyl groups is 1. The number of nitrogens with two attached hydrogens (primary N) is 1. The summed E-state index contributed by atoms with van der Waals surface area (Å²) >= 11 is 0. The molecule has 0 saturated carbocycles. The molecule has 104 valence electrons. The zero-order chi connectivity index (χ0) is 15.0. The van der Waals surface area contributed by atoms with Crippen LogP contribution in [-0.2, 0) is 4.79 Å². The van der Waals surface area contributed by atoms with Gasteiger partial charge in [-0.05, 0) is 18.2 Å². The average Bonchev–Trinajstić information content (AvgIpc) is 2.50. The van der Waals surface area contributed by atoms with E-state index in [0.29, 0.717) is 11.3 Å². The SMILES string of the molecule is N=C1C(=O)C(Oc2ccccc2)=C(N)c2cccc(O)c21. The van der Waals surface area contributed by atoms with Gasteiger partial charge in [-0.1, -0.05) is 30.3 Å². The third kappa shape index (κ3) is 2.04. The molecule has 0 heterocycles. The number of carbonyl (C=O) groups is 1. The first-order valence-electron chi connectivity index (χ1n) is 6.28. The summed E-state index contributed by atoms with van der Waals surface area (Å²) in [6.45, 7) is 0. The van der Waals surface area contributed by atoms with Gasteiger partial charge in [0.1, 0.15) is 17.2 Å². The van der Waals surface area contributed by atoms with Crippen molar-refractivity contribution in [3.05, 3.63) is 65.4 Å². The van der Waals surface area contributed by atoms with Gasteiger partial charge >= 0.3 is 0 Å². The van der Waals surface area contributed by atoms with Crippen LogP contribution in [0.4, 0.5) is 0 Å². The van der Waals surface area contributed by atoms with Crippen molar-refractivity contribution >= 4 is 17.2 Å². The minimum absolute atomic E-state index is 0.0932. The molecule has 0 saturated heterocycles. The van der Waals surface area contributed by atoms with E-state index in [2.05, 4.69) is 0 Å². The van der Waals surface area contributed by atoms with Gasteiger partial charge in [-0.2, -0.15) is 0 Å². The van der Waals surface area contributed by atoms with E-state index in [1.165, 1.54) is 6.07 Å². The van der Waals surface area contributed by atoms with Crippen molar-refractivity contribution in [3.63, 3.8) is 0 Å². The summed E-state index contributed by atoms with van der Waals surface area (Å²) < 4.78 is 5.53. The summed E-state index contributed by atoms with van der Waals surface area (Å²) in [5, 5.41) is 17.8. The smallest absolute Gasteiger partial charge is 0.248 e. The standard InChI is InChI=1S/C16H12N2O3/c17-13-10-7-4-8-11(19)12(10)14(18)15(20)16(13)21-9-5-2-1-3-6-9/h1-8,18-19H,17H2. The molecule has 4 N–H and O–H groups in total. The van der Waals surface area contributed by atoms with Gasteiger partial charge in [0.15, 0.2) is 5.76 Å². The molecule has 0 aromatic heterocycles. The molecule has 5 nitrogen and oxygen atoms in total. The number of Topliss-reactive ketones (excluding diaryl/α,β-unsaturated/α-hetero) is 1. The number of carbonyl (C=O) groups excluding carboxylic acids is 1. The number of phenols is 1. The third-order valence-corrected chi connectivity index (χ3v) is 3.22. The van der Waals surface area contributed by atoms with Gasteiger partial charge in [0.05, 0.1) is 11.3 Å². The molecule has 0 unspecified atom stereocenters. The number of hydrogen-bond acceptors (Lipinski definition) is 5. The zero-order valence-electron chi connectivity index (χ0n) is 11.0. The van der Waals surface area contributed by atoms with Crippen LogP contribution in [0.1, 0.15) is 11.1 Å². The molecule has 2 aromatic carbocycles. The van der Waals surface area contributed by atoms with Crippen molar-refractivity contribution in [2.24, 2.45) is 5.73 Å². The Bertz CT molecular complexity index is 779. The fourth-order valence-corrected chi connectivity index (χ4v) is 2.21. The van der Waals surface area contributed by atoms with E-state index in [0.717, 1.165) is 0 Å². The van der Waals surface area contributed by atoms with Crippen LogP contribution >= 0.6 is 0 Å². The van der Waals surface area contributed by atoms with E-state index in [4.69, 9.17) is 15.9 Å². The van der Waals surface area contributed by atoms with Gasteiger partial charge in [0.25, 0.3) is 0 Å². The number of fused-ring (bicyclic) bond motifs is 1. The first-order chi connectivity index (χ1) is 10.1. The number of benzene rings is 2. The van der Waals surface area contributed by atoms with Crippen LogP contribution < -0.4 is 10.5 Å². The van der Waals surface area contributed by atoms with E-state index in [-0.39, 0.29) is 28.5 Å². The van der Waals surface area contributed by atoms with E-state index in [1.807, 2.05) is 6.07 Å². The summed E-state index contributed by atoms with van der Waals surface area (Å²) in [6.07, 6.45) is 0. The molecule has 1 aliphatic rings. The molecular formula is C16H12N2O3. The molecular weight excluding hydrogens is 268 g/mol. The summed E-state index contributed by atoms with van der Waals surface area (Å²) in [7, 11) is 0. The van der Waals surface area contributed by atoms with Gasteiger partial charge in [0, 0.05) is 5.56 Å². The number of allylic oxidation sites excluding steroid dienone is 1. The van der Waals surface area contributed by atoms with E-state index >= 15 is 0 Å². The highest BCUT2D eigenvalue weighted by atomic mass is 16.5. The molecule has 0 amide bonds. The molecule has 5 heteroatoms.